The molecular formula is C40H56O5. The van der Waals surface area contributed by atoms with E-state index >= 15 is 0 Å². The molecule has 1 aromatic heterocycles. The molecule has 3 saturated carbocycles. The minimum atomic E-state index is -0.375. The van der Waals surface area contributed by atoms with E-state index in [-0.39, 0.29) is 29.7 Å². The van der Waals surface area contributed by atoms with E-state index in [4.69, 9.17) is 13.9 Å². The van der Waals surface area contributed by atoms with Crippen LogP contribution in [0.5, 0.6) is 5.75 Å². The van der Waals surface area contributed by atoms with Crippen LogP contribution in [-0.2, 0) is 16.0 Å². The van der Waals surface area contributed by atoms with Gasteiger partial charge in [0, 0.05) is 23.9 Å². The highest BCUT2D eigenvalue weighted by Crippen LogP contribution is 2.67. The van der Waals surface area contributed by atoms with Gasteiger partial charge in [0.15, 0.2) is 6.61 Å². The summed E-state index contributed by atoms with van der Waals surface area (Å²) in [5, 5.41) is 0.891. The summed E-state index contributed by atoms with van der Waals surface area (Å²) in [6.07, 6.45) is 17.0. The number of esters is 1. The quantitative estimate of drug-likeness (QED) is 0.151. The van der Waals surface area contributed by atoms with E-state index in [2.05, 4.69) is 40.7 Å². The average Bonchev–Trinajstić information content (AvgIpc) is 3.36. The molecule has 0 N–H and O–H groups in total. The molecule has 246 valence electrons. The first-order valence-electron chi connectivity index (χ1n) is 18.1. The van der Waals surface area contributed by atoms with Gasteiger partial charge in [0.2, 0.25) is 0 Å². The summed E-state index contributed by atoms with van der Waals surface area (Å²) in [7, 11) is 0. The molecule has 0 saturated heterocycles. The van der Waals surface area contributed by atoms with E-state index in [0.29, 0.717) is 16.7 Å². The molecule has 0 amide bonds. The van der Waals surface area contributed by atoms with Crippen LogP contribution in [0.4, 0.5) is 0 Å². The first kappa shape index (κ1) is 32.4. The predicted molar refractivity (Wildman–Crippen MR) is 180 cm³/mol. The summed E-state index contributed by atoms with van der Waals surface area (Å²) in [5.41, 5.74) is 3.31. The van der Waals surface area contributed by atoms with E-state index in [1.807, 2.05) is 19.1 Å². The van der Waals surface area contributed by atoms with Crippen molar-refractivity contribution in [3.63, 3.8) is 0 Å². The van der Waals surface area contributed by atoms with Gasteiger partial charge in [-0.15, -0.1) is 0 Å². The summed E-state index contributed by atoms with van der Waals surface area (Å²) in [6, 6.07) is 6.92. The summed E-state index contributed by atoms with van der Waals surface area (Å²) < 4.78 is 17.1. The molecule has 45 heavy (non-hydrogen) atoms. The van der Waals surface area contributed by atoms with Crippen LogP contribution in [0.25, 0.3) is 11.0 Å². The van der Waals surface area contributed by atoms with Crippen LogP contribution in [0.2, 0.25) is 0 Å². The van der Waals surface area contributed by atoms with Crippen molar-refractivity contribution in [2.24, 2.45) is 46.3 Å². The number of fused-ring (bicyclic) bond motifs is 6. The molecule has 0 spiro atoms. The number of carbonyl (C=O) groups is 1. The predicted octanol–water partition coefficient (Wildman–Crippen LogP) is 9.69. The van der Waals surface area contributed by atoms with Crippen molar-refractivity contribution in [2.75, 3.05) is 6.61 Å². The van der Waals surface area contributed by atoms with Crippen molar-refractivity contribution in [3.05, 3.63) is 51.9 Å². The van der Waals surface area contributed by atoms with Gasteiger partial charge in [-0.05, 0) is 115 Å². The monoisotopic (exact) mass is 616 g/mol. The van der Waals surface area contributed by atoms with E-state index in [1.165, 1.54) is 63.0 Å². The van der Waals surface area contributed by atoms with Crippen molar-refractivity contribution in [2.45, 2.75) is 125 Å². The largest absolute Gasteiger partial charge is 0.482 e. The fourth-order valence-corrected chi connectivity index (χ4v) is 10.7. The molecule has 1 heterocycles. The first-order chi connectivity index (χ1) is 21.5. The van der Waals surface area contributed by atoms with Crippen LogP contribution in [0.1, 0.15) is 118 Å². The Morgan fingerprint density at radius 3 is 2.62 bits per heavy atom. The third-order valence-electron chi connectivity index (χ3n) is 13.1. The van der Waals surface area contributed by atoms with Gasteiger partial charge in [-0.1, -0.05) is 72.5 Å². The zero-order chi connectivity index (χ0) is 31.9. The smallest absolute Gasteiger partial charge is 0.344 e. The molecule has 4 aliphatic carbocycles. The van der Waals surface area contributed by atoms with Crippen LogP contribution in [0.15, 0.2) is 45.1 Å². The summed E-state index contributed by atoms with van der Waals surface area (Å²) in [6.45, 7) is 14.3. The number of hydrogen-bond donors (Lipinski definition) is 0. The maximum atomic E-state index is 12.9. The molecule has 5 heteroatoms. The molecule has 4 aliphatic rings. The van der Waals surface area contributed by atoms with E-state index in [0.717, 1.165) is 72.1 Å². The van der Waals surface area contributed by atoms with E-state index in [1.54, 1.807) is 6.07 Å². The van der Waals surface area contributed by atoms with Gasteiger partial charge in [-0.3, -0.25) is 0 Å². The van der Waals surface area contributed by atoms with Crippen LogP contribution >= 0.6 is 0 Å². The van der Waals surface area contributed by atoms with Crippen LogP contribution in [0.3, 0.4) is 0 Å². The number of benzene rings is 1. The molecule has 0 unspecified atom stereocenters. The maximum absolute atomic E-state index is 12.9. The normalized spacial score (nSPS) is 33.2. The highest BCUT2D eigenvalue weighted by Gasteiger charge is 2.59. The molecule has 1 aromatic carbocycles. The summed E-state index contributed by atoms with van der Waals surface area (Å²) in [5.74, 6) is 5.11. The third-order valence-corrected chi connectivity index (χ3v) is 13.1. The Morgan fingerprint density at radius 2 is 1.84 bits per heavy atom. The molecule has 0 aliphatic heterocycles. The molecule has 2 aromatic rings. The lowest BCUT2D eigenvalue weighted by Crippen LogP contribution is -2.51. The summed E-state index contributed by atoms with van der Waals surface area (Å²) >= 11 is 0. The molecule has 8 atom stereocenters. The number of rotatable bonds is 10. The van der Waals surface area contributed by atoms with E-state index in [9.17, 15) is 9.59 Å². The van der Waals surface area contributed by atoms with Crippen molar-refractivity contribution in [1.29, 1.82) is 0 Å². The molecule has 0 radical (unpaired) electrons. The second-order valence-corrected chi connectivity index (χ2v) is 16.0. The lowest BCUT2D eigenvalue weighted by molar-refractivity contribution is -0.153. The van der Waals surface area contributed by atoms with Gasteiger partial charge >= 0.3 is 11.6 Å². The Kier molecular flexibility index (Phi) is 9.29. The molecular weight excluding hydrogens is 560 g/mol. The third kappa shape index (κ3) is 6.26. The van der Waals surface area contributed by atoms with E-state index < -0.39 is 0 Å². The lowest BCUT2D eigenvalue weighted by Gasteiger charge is -2.58. The number of allylic oxidation sites excluding steroid dienone is 1. The number of ether oxygens (including phenoxy) is 2. The van der Waals surface area contributed by atoms with Gasteiger partial charge in [-0.25, -0.2) is 9.59 Å². The Morgan fingerprint density at radius 1 is 1.02 bits per heavy atom. The standard InChI is InChI=1S/C40H56O5/c1-7-27-21-37(41)45-36-23-29(12-14-31(27)36)43-24-38(42)44-30-17-19-39(5)28(22-30)11-13-32-34-16-15-33(26(4)10-8-9-25(2)3)40(34,6)20-18-35(32)39/h11-12,14,21,23,25-26,30,32-35H,7-10,13,15-20,22,24H2,1-6H3/t26-,30-,32+,33-,34+,35-,39-,40+/m1/s1. The van der Waals surface area contributed by atoms with Crippen molar-refractivity contribution in [3.8, 4) is 5.75 Å². The van der Waals surface area contributed by atoms with Gasteiger partial charge < -0.3 is 13.9 Å². The van der Waals surface area contributed by atoms with Gasteiger partial charge in [0.25, 0.3) is 0 Å². The zero-order valence-electron chi connectivity index (χ0n) is 28.7. The Hall–Kier alpha value is -2.56. The number of hydrogen-bond acceptors (Lipinski definition) is 5. The Bertz CT molecular complexity index is 1470. The Labute approximate surface area is 270 Å². The first-order valence-corrected chi connectivity index (χ1v) is 18.1. The highest BCUT2D eigenvalue weighted by atomic mass is 16.6. The molecule has 6 rings (SSSR count). The van der Waals surface area contributed by atoms with Gasteiger partial charge in [0.1, 0.15) is 17.4 Å². The highest BCUT2D eigenvalue weighted by molar-refractivity contribution is 5.81. The fraction of sp³-hybridized carbons (Fsp3) is 0.700. The summed E-state index contributed by atoms with van der Waals surface area (Å²) in [4.78, 5) is 24.8. The number of carbonyl (C=O) groups excluding carboxylic acids is 1. The number of aryl methyl sites for hydroxylation is 1. The lowest BCUT2D eigenvalue weighted by atomic mass is 9.47. The van der Waals surface area contributed by atoms with Crippen molar-refractivity contribution in [1.82, 2.24) is 0 Å². The van der Waals surface area contributed by atoms with Crippen LogP contribution < -0.4 is 10.4 Å². The average molecular weight is 617 g/mol. The van der Waals surface area contributed by atoms with Crippen molar-refractivity contribution >= 4 is 16.9 Å². The molecule has 3 fully saturated rings. The second kappa shape index (κ2) is 12.9. The fourth-order valence-electron chi connectivity index (χ4n) is 10.7. The SMILES string of the molecule is CCc1cc(=O)oc2cc(OCC(=O)O[C@@H]3CC[C@]4(C)C(=CC[C@@H]5[C@H]4CC[C@@]4(C)[C@@H]([C@H](C)CCCC(C)C)CC[C@@H]54)C3)ccc12. The Balaban J connectivity index is 1.05. The molecule has 5 nitrogen and oxygen atoms in total. The second-order valence-electron chi connectivity index (χ2n) is 16.0. The topological polar surface area (TPSA) is 65.7 Å². The van der Waals surface area contributed by atoms with Crippen LogP contribution in [0, 0.1) is 46.3 Å². The zero-order valence-corrected chi connectivity index (χ0v) is 28.7. The maximum Gasteiger partial charge on any atom is 0.344 e. The van der Waals surface area contributed by atoms with Gasteiger partial charge in [0.05, 0.1) is 0 Å². The van der Waals surface area contributed by atoms with Crippen molar-refractivity contribution < 1.29 is 18.7 Å². The minimum Gasteiger partial charge on any atom is -0.482 e. The van der Waals surface area contributed by atoms with Gasteiger partial charge in [-0.2, -0.15) is 0 Å². The molecule has 0 bridgehead atoms. The van der Waals surface area contributed by atoms with Crippen LogP contribution in [-0.4, -0.2) is 18.7 Å². The minimum absolute atomic E-state index is 0.0879.